The van der Waals surface area contributed by atoms with E-state index in [1.165, 1.54) is 11.1 Å². The first-order valence-electron chi connectivity index (χ1n) is 7.51. The zero-order chi connectivity index (χ0) is 15.5. The van der Waals surface area contributed by atoms with E-state index in [0.29, 0.717) is 0 Å². The van der Waals surface area contributed by atoms with Gasteiger partial charge >= 0.3 is 0 Å². The van der Waals surface area contributed by atoms with E-state index in [1.807, 2.05) is 18.2 Å². The molecule has 0 bridgehead atoms. The third kappa shape index (κ3) is 3.87. The molecule has 0 heterocycles. The lowest BCUT2D eigenvalue weighted by atomic mass is 9.86. The average Bonchev–Trinajstić information content (AvgIpc) is 2.45. The van der Waals surface area contributed by atoms with Gasteiger partial charge in [0.15, 0.2) is 0 Å². The maximum Gasteiger partial charge on any atom is 0.0591 e. The Balaban J connectivity index is 2.37. The second-order valence-electron chi connectivity index (χ2n) is 6.38. The highest BCUT2D eigenvalue weighted by molar-refractivity contribution is 6.31. The Bertz CT molecular complexity index is 581. The van der Waals surface area contributed by atoms with Crippen LogP contribution in [0, 0.1) is 0 Å². The summed E-state index contributed by atoms with van der Waals surface area (Å²) in [4.78, 5) is 0. The monoisotopic (exact) mass is 301 g/mol. The van der Waals surface area contributed by atoms with Gasteiger partial charge in [0.1, 0.15) is 0 Å². The van der Waals surface area contributed by atoms with Crippen molar-refractivity contribution in [2.75, 3.05) is 6.54 Å². The van der Waals surface area contributed by atoms with Gasteiger partial charge in [0.05, 0.1) is 6.04 Å². The Labute approximate surface area is 133 Å². The molecule has 112 valence electrons. The van der Waals surface area contributed by atoms with Gasteiger partial charge in [0, 0.05) is 5.02 Å². The standard InChI is InChI=1S/C19H24ClN/c1-5-21-18(16-8-6-7-9-17(16)20)14-10-12-15(13-11-14)19(2,3)4/h6-13,18,21H,5H2,1-4H3. The summed E-state index contributed by atoms with van der Waals surface area (Å²) in [5, 5.41) is 4.34. The highest BCUT2D eigenvalue weighted by Crippen LogP contribution is 2.30. The van der Waals surface area contributed by atoms with Crippen LogP contribution < -0.4 is 5.32 Å². The minimum Gasteiger partial charge on any atom is -0.306 e. The van der Waals surface area contributed by atoms with Crippen molar-refractivity contribution in [3.05, 3.63) is 70.2 Å². The van der Waals surface area contributed by atoms with Crippen LogP contribution in [0.3, 0.4) is 0 Å². The van der Waals surface area contributed by atoms with E-state index in [9.17, 15) is 0 Å². The molecule has 1 nitrogen and oxygen atoms in total. The van der Waals surface area contributed by atoms with Crippen LogP contribution in [-0.2, 0) is 5.41 Å². The minimum absolute atomic E-state index is 0.137. The van der Waals surface area contributed by atoms with Crippen LogP contribution in [0.25, 0.3) is 0 Å². The molecule has 0 radical (unpaired) electrons. The summed E-state index contributed by atoms with van der Waals surface area (Å²) in [6.07, 6.45) is 0. The fourth-order valence-electron chi connectivity index (χ4n) is 2.50. The van der Waals surface area contributed by atoms with Crippen LogP contribution >= 0.6 is 11.6 Å². The predicted octanol–water partition coefficient (Wildman–Crippen LogP) is 5.34. The average molecular weight is 302 g/mol. The van der Waals surface area contributed by atoms with Gasteiger partial charge in [-0.05, 0) is 34.7 Å². The van der Waals surface area contributed by atoms with Crippen molar-refractivity contribution in [1.82, 2.24) is 5.32 Å². The number of nitrogens with one attached hydrogen (secondary N) is 1. The highest BCUT2D eigenvalue weighted by atomic mass is 35.5. The molecule has 21 heavy (non-hydrogen) atoms. The number of hydrogen-bond acceptors (Lipinski definition) is 1. The van der Waals surface area contributed by atoms with Gasteiger partial charge in [0.25, 0.3) is 0 Å². The SMILES string of the molecule is CCNC(c1ccc(C(C)(C)C)cc1)c1ccccc1Cl. The lowest BCUT2D eigenvalue weighted by Gasteiger charge is -2.23. The quantitative estimate of drug-likeness (QED) is 0.804. The van der Waals surface area contributed by atoms with Crippen LogP contribution in [0.15, 0.2) is 48.5 Å². The first-order chi connectivity index (χ1) is 9.93. The first-order valence-corrected chi connectivity index (χ1v) is 7.89. The predicted molar refractivity (Wildman–Crippen MR) is 92.1 cm³/mol. The van der Waals surface area contributed by atoms with Gasteiger partial charge < -0.3 is 5.32 Å². The molecule has 2 heteroatoms. The van der Waals surface area contributed by atoms with E-state index in [4.69, 9.17) is 11.6 Å². The summed E-state index contributed by atoms with van der Waals surface area (Å²) in [6.45, 7) is 9.72. The molecule has 0 aliphatic heterocycles. The third-order valence-electron chi connectivity index (χ3n) is 3.73. The molecule has 2 aromatic rings. The van der Waals surface area contributed by atoms with Gasteiger partial charge in [-0.2, -0.15) is 0 Å². The topological polar surface area (TPSA) is 12.0 Å². The Morgan fingerprint density at radius 3 is 2.14 bits per heavy atom. The van der Waals surface area contributed by atoms with Gasteiger partial charge in [-0.25, -0.2) is 0 Å². The van der Waals surface area contributed by atoms with Crippen LogP contribution in [0.4, 0.5) is 0 Å². The molecule has 0 saturated carbocycles. The molecular weight excluding hydrogens is 278 g/mol. The maximum absolute atomic E-state index is 6.37. The highest BCUT2D eigenvalue weighted by Gasteiger charge is 2.18. The minimum atomic E-state index is 0.137. The van der Waals surface area contributed by atoms with Crippen LogP contribution in [0.5, 0.6) is 0 Å². The Hall–Kier alpha value is -1.31. The second kappa shape index (κ2) is 6.64. The lowest BCUT2D eigenvalue weighted by molar-refractivity contribution is 0.587. The zero-order valence-electron chi connectivity index (χ0n) is 13.3. The van der Waals surface area contributed by atoms with E-state index >= 15 is 0 Å². The van der Waals surface area contributed by atoms with Crippen molar-refractivity contribution in [3.63, 3.8) is 0 Å². The molecule has 0 spiro atoms. The van der Waals surface area contributed by atoms with Gasteiger partial charge in [-0.1, -0.05) is 81.8 Å². The zero-order valence-corrected chi connectivity index (χ0v) is 14.0. The fraction of sp³-hybridized carbons (Fsp3) is 0.368. The Morgan fingerprint density at radius 2 is 1.62 bits per heavy atom. The molecule has 1 N–H and O–H groups in total. The Kier molecular flexibility index (Phi) is 5.08. The van der Waals surface area contributed by atoms with Gasteiger partial charge in [-0.15, -0.1) is 0 Å². The summed E-state index contributed by atoms with van der Waals surface area (Å²) >= 11 is 6.37. The lowest BCUT2D eigenvalue weighted by Crippen LogP contribution is -2.22. The van der Waals surface area contributed by atoms with Crippen molar-refractivity contribution >= 4 is 11.6 Å². The molecule has 2 aromatic carbocycles. The third-order valence-corrected chi connectivity index (χ3v) is 4.08. The smallest absolute Gasteiger partial charge is 0.0591 e. The van der Waals surface area contributed by atoms with Gasteiger partial charge in [-0.3, -0.25) is 0 Å². The van der Waals surface area contributed by atoms with Crippen LogP contribution in [-0.4, -0.2) is 6.54 Å². The molecule has 0 aliphatic rings. The van der Waals surface area contributed by atoms with Crippen LogP contribution in [0.1, 0.15) is 50.4 Å². The molecule has 0 aromatic heterocycles. The summed E-state index contributed by atoms with van der Waals surface area (Å²) < 4.78 is 0. The van der Waals surface area contributed by atoms with Gasteiger partial charge in [0.2, 0.25) is 0 Å². The summed E-state index contributed by atoms with van der Waals surface area (Å²) in [6, 6.07) is 17.0. The molecule has 0 fully saturated rings. The second-order valence-corrected chi connectivity index (χ2v) is 6.79. The molecule has 0 aliphatic carbocycles. The maximum atomic E-state index is 6.37. The summed E-state index contributed by atoms with van der Waals surface area (Å²) in [5.41, 5.74) is 3.90. The molecule has 2 rings (SSSR count). The van der Waals surface area contributed by atoms with Crippen molar-refractivity contribution in [2.45, 2.75) is 39.2 Å². The molecule has 0 saturated heterocycles. The molecule has 1 unspecified atom stereocenters. The summed E-state index contributed by atoms with van der Waals surface area (Å²) in [5.74, 6) is 0. The number of hydrogen-bond donors (Lipinski definition) is 1. The fourth-order valence-corrected chi connectivity index (χ4v) is 2.74. The number of rotatable bonds is 4. The van der Waals surface area contributed by atoms with Crippen molar-refractivity contribution in [2.24, 2.45) is 0 Å². The number of halogens is 1. The number of benzene rings is 2. The van der Waals surface area contributed by atoms with E-state index in [2.05, 4.69) is 63.3 Å². The molecule has 1 atom stereocenters. The van der Waals surface area contributed by atoms with E-state index in [-0.39, 0.29) is 11.5 Å². The van der Waals surface area contributed by atoms with Crippen molar-refractivity contribution in [1.29, 1.82) is 0 Å². The van der Waals surface area contributed by atoms with Crippen molar-refractivity contribution in [3.8, 4) is 0 Å². The molecular formula is C19H24ClN. The van der Waals surface area contributed by atoms with Crippen molar-refractivity contribution < 1.29 is 0 Å². The van der Waals surface area contributed by atoms with Crippen LogP contribution in [0.2, 0.25) is 5.02 Å². The van der Waals surface area contributed by atoms with E-state index in [0.717, 1.165) is 17.1 Å². The first kappa shape index (κ1) is 16.1. The summed E-state index contributed by atoms with van der Waals surface area (Å²) in [7, 11) is 0. The van der Waals surface area contributed by atoms with E-state index < -0.39 is 0 Å². The largest absolute Gasteiger partial charge is 0.306 e. The van der Waals surface area contributed by atoms with E-state index in [1.54, 1.807) is 0 Å². The normalized spacial score (nSPS) is 13.2. The Morgan fingerprint density at radius 1 is 1.00 bits per heavy atom. The molecule has 0 amide bonds.